The maximum absolute atomic E-state index is 12.2. The average Bonchev–Trinajstić information content (AvgIpc) is 2.75. The quantitative estimate of drug-likeness (QED) is 0.911. The van der Waals surface area contributed by atoms with E-state index in [9.17, 15) is 4.79 Å². The molecule has 0 spiro atoms. The summed E-state index contributed by atoms with van der Waals surface area (Å²) in [4.78, 5) is 12.2. The highest BCUT2D eigenvalue weighted by atomic mass is 79.9. The van der Waals surface area contributed by atoms with Gasteiger partial charge in [-0.05, 0) is 54.3 Å². The van der Waals surface area contributed by atoms with Crippen molar-refractivity contribution < 1.29 is 9.53 Å². The van der Waals surface area contributed by atoms with Gasteiger partial charge in [-0.15, -0.1) is 0 Å². The maximum Gasteiger partial charge on any atom is 0.232 e. The second-order valence-electron chi connectivity index (χ2n) is 5.28. The second kappa shape index (κ2) is 5.53. The lowest BCUT2D eigenvalue weighted by Gasteiger charge is -2.11. The molecule has 1 N–H and O–H groups in total. The van der Waals surface area contributed by atoms with Gasteiger partial charge in [-0.1, -0.05) is 28.1 Å². The topological polar surface area (TPSA) is 38.3 Å². The molecule has 0 bridgehead atoms. The number of nitrogens with one attached hydrogen (secondary N) is 1. The molecule has 0 aliphatic carbocycles. The largest absolute Gasteiger partial charge is 0.496 e. The van der Waals surface area contributed by atoms with Crippen LogP contribution in [0.5, 0.6) is 5.75 Å². The van der Waals surface area contributed by atoms with E-state index in [4.69, 9.17) is 4.74 Å². The first-order valence-electron chi connectivity index (χ1n) is 6.82. The van der Waals surface area contributed by atoms with Gasteiger partial charge in [0.15, 0.2) is 0 Å². The minimum absolute atomic E-state index is 0.0663. The van der Waals surface area contributed by atoms with Crippen LogP contribution in [0.15, 0.2) is 40.9 Å². The highest BCUT2D eigenvalue weighted by Gasteiger charge is 2.30. The number of methoxy groups -OCH3 is 1. The third-order valence-electron chi connectivity index (χ3n) is 3.86. The zero-order valence-electron chi connectivity index (χ0n) is 11.9. The van der Waals surface area contributed by atoms with E-state index in [0.29, 0.717) is 6.42 Å². The number of amides is 1. The Morgan fingerprint density at radius 2 is 2.05 bits per heavy atom. The van der Waals surface area contributed by atoms with Crippen molar-refractivity contribution in [1.29, 1.82) is 0 Å². The van der Waals surface area contributed by atoms with Crippen molar-refractivity contribution in [3.05, 3.63) is 57.6 Å². The molecule has 3 nitrogen and oxygen atoms in total. The monoisotopic (exact) mass is 345 g/mol. The van der Waals surface area contributed by atoms with E-state index in [2.05, 4.69) is 27.3 Å². The van der Waals surface area contributed by atoms with Crippen molar-refractivity contribution in [3.8, 4) is 5.75 Å². The van der Waals surface area contributed by atoms with Gasteiger partial charge in [-0.3, -0.25) is 4.79 Å². The van der Waals surface area contributed by atoms with Crippen LogP contribution in [0.4, 0.5) is 5.69 Å². The summed E-state index contributed by atoms with van der Waals surface area (Å²) in [7, 11) is 1.67. The molecule has 2 aromatic rings. The van der Waals surface area contributed by atoms with E-state index in [1.807, 2.05) is 37.3 Å². The van der Waals surface area contributed by atoms with E-state index >= 15 is 0 Å². The summed E-state index contributed by atoms with van der Waals surface area (Å²) < 4.78 is 6.27. The SMILES string of the molecule is COc1ccc(C[C@@H]2C(=O)Nc3ccc(Br)cc32)cc1C. The van der Waals surface area contributed by atoms with Crippen LogP contribution in [0.25, 0.3) is 0 Å². The van der Waals surface area contributed by atoms with E-state index in [-0.39, 0.29) is 11.8 Å². The van der Waals surface area contributed by atoms with Gasteiger partial charge < -0.3 is 10.1 Å². The summed E-state index contributed by atoms with van der Waals surface area (Å²) in [5.74, 6) is 0.805. The number of anilines is 1. The van der Waals surface area contributed by atoms with Gasteiger partial charge in [0.1, 0.15) is 5.75 Å². The molecule has 0 aromatic heterocycles. The van der Waals surface area contributed by atoms with Gasteiger partial charge in [0.25, 0.3) is 0 Å². The van der Waals surface area contributed by atoms with Crippen molar-refractivity contribution in [2.24, 2.45) is 0 Å². The highest BCUT2D eigenvalue weighted by Crippen LogP contribution is 2.36. The Morgan fingerprint density at radius 3 is 2.76 bits per heavy atom. The van der Waals surface area contributed by atoms with E-state index in [0.717, 1.165) is 32.6 Å². The van der Waals surface area contributed by atoms with Crippen molar-refractivity contribution in [2.75, 3.05) is 12.4 Å². The first-order chi connectivity index (χ1) is 10.1. The standard InChI is InChI=1S/C17H16BrNO2/c1-10-7-11(3-6-16(10)21-2)8-14-13-9-12(18)4-5-15(13)19-17(14)20/h3-7,9,14H,8H2,1-2H3,(H,19,20)/t14-/m0/s1. The Morgan fingerprint density at radius 1 is 1.24 bits per heavy atom. The van der Waals surface area contributed by atoms with Gasteiger partial charge in [-0.2, -0.15) is 0 Å². The van der Waals surface area contributed by atoms with Crippen LogP contribution in [0.3, 0.4) is 0 Å². The number of halogens is 1. The van der Waals surface area contributed by atoms with Crippen molar-refractivity contribution in [3.63, 3.8) is 0 Å². The third-order valence-corrected chi connectivity index (χ3v) is 4.36. The molecule has 1 aliphatic heterocycles. The Bertz CT molecular complexity index is 712. The molecule has 108 valence electrons. The molecule has 1 amide bonds. The summed E-state index contributed by atoms with van der Waals surface area (Å²) >= 11 is 3.47. The van der Waals surface area contributed by atoms with Crippen LogP contribution < -0.4 is 10.1 Å². The lowest BCUT2D eigenvalue weighted by molar-refractivity contribution is -0.117. The summed E-state index contributed by atoms with van der Waals surface area (Å²) in [5.41, 5.74) is 4.20. The van der Waals surface area contributed by atoms with Gasteiger partial charge in [0.05, 0.1) is 13.0 Å². The van der Waals surface area contributed by atoms with Crippen molar-refractivity contribution in [2.45, 2.75) is 19.3 Å². The lowest BCUT2D eigenvalue weighted by atomic mass is 9.92. The molecule has 0 unspecified atom stereocenters. The number of rotatable bonds is 3. The average molecular weight is 346 g/mol. The second-order valence-corrected chi connectivity index (χ2v) is 6.20. The lowest BCUT2D eigenvalue weighted by Crippen LogP contribution is -2.14. The molecule has 0 fully saturated rings. The smallest absolute Gasteiger partial charge is 0.232 e. The molecular formula is C17H16BrNO2. The Kier molecular flexibility index (Phi) is 3.72. The van der Waals surface area contributed by atoms with Gasteiger partial charge >= 0.3 is 0 Å². The molecule has 2 aromatic carbocycles. The maximum atomic E-state index is 12.2. The Hall–Kier alpha value is -1.81. The Labute approximate surface area is 132 Å². The number of carbonyl (C=O) groups excluding carboxylic acids is 1. The first-order valence-corrected chi connectivity index (χ1v) is 7.61. The van der Waals surface area contributed by atoms with Gasteiger partial charge in [0.2, 0.25) is 5.91 Å². The number of aryl methyl sites for hydroxylation is 1. The number of hydrogen-bond acceptors (Lipinski definition) is 2. The van der Waals surface area contributed by atoms with Crippen LogP contribution >= 0.6 is 15.9 Å². The molecule has 1 atom stereocenters. The van der Waals surface area contributed by atoms with Crippen LogP contribution in [-0.4, -0.2) is 13.0 Å². The fourth-order valence-electron chi connectivity index (χ4n) is 2.80. The van der Waals surface area contributed by atoms with Crippen molar-refractivity contribution >= 4 is 27.5 Å². The molecule has 0 saturated carbocycles. The van der Waals surface area contributed by atoms with E-state index in [1.54, 1.807) is 7.11 Å². The molecule has 3 rings (SSSR count). The molecule has 21 heavy (non-hydrogen) atoms. The van der Waals surface area contributed by atoms with E-state index < -0.39 is 0 Å². The van der Waals surface area contributed by atoms with Crippen LogP contribution in [0.1, 0.15) is 22.6 Å². The minimum atomic E-state index is -0.134. The molecule has 4 heteroatoms. The molecule has 1 heterocycles. The zero-order valence-corrected chi connectivity index (χ0v) is 13.5. The molecular weight excluding hydrogens is 330 g/mol. The number of hydrogen-bond donors (Lipinski definition) is 1. The molecule has 0 saturated heterocycles. The zero-order chi connectivity index (χ0) is 15.0. The fourth-order valence-corrected chi connectivity index (χ4v) is 3.18. The number of benzene rings is 2. The van der Waals surface area contributed by atoms with Crippen LogP contribution in [0, 0.1) is 6.92 Å². The predicted molar refractivity (Wildman–Crippen MR) is 86.9 cm³/mol. The number of ether oxygens (including phenoxy) is 1. The third kappa shape index (κ3) is 2.68. The summed E-state index contributed by atoms with van der Waals surface area (Å²) in [6.45, 7) is 2.02. The van der Waals surface area contributed by atoms with Crippen molar-refractivity contribution in [1.82, 2.24) is 0 Å². The molecule has 1 aliphatic rings. The molecule has 0 radical (unpaired) electrons. The normalized spacial score (nSPS) is 16.5. The van der Waals surface area contributed by atoms with Gasteiger partial charge in [-0.25, -0.2) is 0 Å². The predicted octanol–water partition coefficient (Wildman–Crippen LogP) is 4.04. The minimum Gasteiger partial charge on any atom is -0.496 e. The van der Waals surface area contributed by atoms with E-state index in [1.165, 1.54) is 0 Å². The summed E-state index contributed by atoms with van der Waals surface area (Å²) in [6.07, 6.45) is 0.695. The summed E-state index contributed by atoms with van der Waals surface area (Å²) in [6, 6.07) is 12.0. The van der Waals surface area contributed by atoms with Crippen LogP contribution in [-0.2, 0) is 11.2 Å². The highest BCUT2D eigenvalue weighted by molar-refractivity contribution is 9.10. The summed E-state index contributed by atoms with van der Waals surface area (Å²) in [5, 5.41) is 2.95. The first kappa shape index (κ1) is 14.1. The van der Waals surface area contributed by atoms with Crippen LogP contribution in [0.2, 0.25) is 0 Å². The van der Waals surface area contributed by atoms with Gasteiger partial charge in [0, 0.05) is 10.2 Å². The fraction of sp³-hybridized carbons (Fsp3) is 0.235. The number of fused-ring (bicyclic) bond motifs is 1. The number of carbonyl (C=O) groups is 1. The Balaban J connectivity index is 1.90.